The third kappa shape index (κ3) is 2.24. The zero-order valence-electron chi connectivity index (χ0n) is 10.1. The number of aromatic nitrogens is 3. The van der Waals surface area contributed by atoms with Crippen LogP contribution in [-0.2, 0) is 6.54 Å². The smallest absolute Gasteiger partial charge is 0.350 e. The molecule has 5 heteroatoms. The van der Waals surface area contributed by atoms with Crippen molar-refractivity contribution >= 4 is 5.65 Å². The Morgan fingerprint density at radius 3 is 2.88 bits per heavy atom. The van der Waals surface area contributed by atoms with Crippen molar-refractivity contribution in [3.63, 3.8) is 0 Å². The molecule has 0 amide bonds. The van der Waals surface area contributed by atoms with Gasteiger partial charge in [0, 0.05) is 6.20 Å². The highest BCUT2D eigenvalue weighted by Crippen LogP contribution is 2.08. The molecule has 5 nitrogen and oxygen atoms in total. The van der Waals surface area contributed by atoms with Gasteiger partial charge in [0.05, 0.1) is 12.6 Å². The first-order chi connectivity index (χ1) is 8.13. The van der Waals surface area contributed by atoms with Crippen LogP contribution in [0.5, 0.6) is 0 Å². The normalized spacial score (nSPS) is 15.0. The maximum absolute atomic E-state index is 11.9. The number of aliphatic hydroxyl groups excluding tert-OH is 1. The fourth-order valence-electron chi connectivity index (χ4n) is 1.72. The van der Waals surface area contributed by atoms with Crippen molar-refractivity contribution in [2.75, 3.05) is 0 Å². The van der Waals surface area contributed by atoms with Crippen LogP contribution in [-0.4, -0.2) is 25.4 Å². The number of hydrogen-bond donors (Lipinski definition) is 1. The van der Waals surface area contributed by atoms with Crippen molar-refractivity contribution in [2.45, 2.75) is 32.9 Å². The SMILES string of the molecule is CCC(C)C(O)Cn1nc2ccccn2c1=O. The molecule has 0 fully saturated rings. The van der Waals surface area contributed by atoms with Gasteiger partial charge in [-0.25, -0.2) is 9.48 Å². The summed E-state index contributed by atoms with van der Waals surface area (Å²) in [4.78, 5) is 11.9. The van der Waals surface area contributed by atoms with Crippen LogP contribution in [0.4, 0.5) is 0 Å². The van der Waals surface area contributed by atoms with Crippen molar-refractivity contribution < 1.29 is 5.11 Å². The summed E-state index contributed by atoms with van der Waals surface area (Å²) in [6.45, 7) is 4.22. The number of fused-ring (bicyclic) bond motifs is 1. The quantitative estimate of drug-likeness (QED) is 0.856. The first-order valence-corrected chi connectivity index (χ1v) is 5.85. The Labute approximate surface area is 99.3 Å². The number of aliphatic hydroxyl groups is 1. The topological polar surface area (TPSA) is 59.5 Å². The average molecular weight is 235 g/mol. The van der Waals surface area contributed by atoms with Gasteiger partial charge in [-0.1, -0.05) is 26.3 Å². The Kier molecular flexibility index (Phi) is 3.28. The van der Waals surface area contributed by atoms with Crippen LogP contribution in [0, 0.1) is 5.92 Å². The fraction of sp³-hybridized carbons (Fsp3) is 0.500. The van der Waals surface area contributed by atoms with Crippen molar-refractivity contribution in [1.29, 1.82) is 0 Å². The van der Waals surface area contributed by atoms with Crippen LogP contribution in [0.3, 0.4) is 0 Å². The summed E-state index contributed by atoms with van der Waals surface area (Å²) >= 11 is 0. The van der Waals surface area contributed by atoms with Gasteiger partial charge in [-0.15, -0.1) is 5.10 Å². The minimum Gasteiger partial charge on any atom is -0.391 e. The molecular weight excluding hydrogens is 218 g/mol. The van der Waals surface area contributed by atoms with E-state index in [1.54, 1.807) is 18.3 Å². The fourth-order valence-corrected chi connectivity index (χ4v) is 1.72. The Morgan fingerprint density at radius 1 is 1.47 bits per heavy atom. The van der Waals surface area contributed by atoms with E-state index in [9.17, 15) is 9.90 Å². The monoisotopic (exact) mass is 235 g/mol. The van der Waals surface area contributed by atoms with Crippen molar-refractivity contribution in [1.82, 2.24) is 14.2 Å². The summed E-state index contributed by atoms with van der Waals surface area (Å²) in [5.41, 5.74) is 0.400. The zero-order chi connectivity index (χ0) is 12.4. The molecule has 2 atom stereocenters. The lowest BCUT2D eigenvalue weighted by Crippen LogP contribution is -2.30. The summed E-state index contributed by atoms with van der Waals surface area (Å²) < 4.78 is 2.80. The minimum absolute atomic E-state index is 0.159. The Hall–Kier alpha value is -1.62. The summed E-state index contributed by atoms with van der Waals surface area (Å²) in [5.74, 6) is 0.159. The number of hydrogen-bond acceptors (Lipinski definition) is 3. The number of rotatable bonds is 4. The third-order valence-corrected chi connectivity index (χ3v) is 3.15. The van der Waals surface area contributed by atoms with E-state index < -0.39 is 6.10 Å². The molecule has 92 valence electrons. The van der Waals surface area contributed by atoms with E-state index in [0.29, 0.717) is 5.65 Å². The van der Waals surface area contributed by atoms with E-state index in [1.165, 1.54) is 9.08 Å². The highest BCUT2D eigenvalue weighted by molar-refractivity contribution is 5.35. The van der Waals surface area contributed by atoms with Crippen LogP contribution in [0.15, 0.2) is 29.2 Å². The van der Waals surface area contributed by atoms with E-state index in [4.69, 9.17) is 0 Å². The van der Waals surface area contributed by atoms with E-state index >= 15 is 0 Å². The van der Waals surface area contributed by atoms with Gasteiger partial charge in [0.25, 0.3) is 0 Å². The van der Waals surface area contributed by atoms with Gasteiger partial charge in [0.2, 0.25) is 0 Å². The second kappa shape index (κ2) is 4.71. The Morgan fingerprint density at radius 2 is 2.24 bits per heavy atom. The van der Waals surface area contributed by atoms with Crippen LogP contribution in [0.25, 0.3) is 5.65 Å². The molecule has 0 aliphatic rings. The maximum Gasteiger partial charge on any atom is 0.350 e. The second-order valence-corrected chi connectivity index (χ2v) is 4.35. The first-order valence-electron chi connectivity index (χ1n) is 5.85. The second-order valence-electron chi connectivity index (χ2n) is 4.35. The molecule has 2 aromatic heterocycles. The van der Waals surface area contributed by atoms with E-state index in [1.807, 2.05) is 19.9 Å². The van der Waals surface area contributed by atoms with Crippen LogP contribution < -0.4 is 5.69 Å². The third-order valence-electron chi connectivity index (χ3n) is 3.15. The van der Waals surface area contributed by atoms with E-state index in [0.717, 1.165) is 6.42 Å². The minimum atomic E-state index is -0.539. The molecular formula is C12H17N3O2. The average Bonchev–Trinajstić information content (AvgIpc) is 2.66. The summed E-state index contributed by atoms with van der Waals surface area (Å²) in [7, 11) is 0. The molecule has 2 aromatic rings. The molecule has 0 aliphatic carbocycles. The molecule has 0 bridgehead atoms. The van der Waals surface area contributed by atoms with Crippen molar-refractivity contribution in [3.8, 4) is 0 Å². The Bertz CT molecular complexity index is 558. The van der Waals surface area contributed by atoms with Gasteiger partial charge >= 0.3 is 5.69 Å². The molecule has 1 N–H and O–H groups in total. The van der Waals surface area contributed by atoms with E-state index in [2.05, 4.69) is 5.10 Å². The van der Waals surface area contributed by atoms with Gasteiger partial charge in [0.15, 0.2) is 5.65 Å². The predicted octanol–water partition coefficient (Wildman–Crippen LogP) is 0.903. The molecule has 17 heavy (non-hydrogen) atoms. The summed E-state index contributed by atoms with van der Waals surface area (Å²) in [5, 5.41) is 14.1. The van der Waals surface area contributed by atoms with Crippen molar-refractivity contribution in [3.05, 3.63) is 34.9 Å². The molecule has 0 saturated heterocycles. The molecule has 0 aliphatic heterocycles. The van der Waals surface area contributed by atoms with Gasteiger partial charge in [0.1, 0.15) is 0 Å². The highest BCUT2D eigenvalue weighted by atomic mass is 16.3. The van der Waals surface area contributed by atoms with Crippen LogP contribution in [0.2, 0.25) is 0 Å². The van der Waals surface area contributed by atoms with Crippen LogP contribution >= 0.6 is 0 Å². The number of nitrogens with zero attached hydrogens (tertiary/aromatic N) is 3. The van der Waals surface area contributed by atoms with Gasteiger partial charge in [-0.05, 0) is 18.1 Å². The van der Waals surface area contributed by atoms with Gasteiger partial charge in [-0.2, -0.15) is 0 Å². The number of pyridine rings is 1. The molecule has 0 spiro atoms. The summed E-state index contributed by atoms with van der Waals surface area (Å²) in [6, 6.07) is 5.39. The molecule has 0 radical (unpaired) electrons. The van der Waals surface area contributed by atoms with Crippen molar-refractivity contribution in [2.24, 2.45) is 5.92 Å². The lowest BCUT2D eigenvalue weighted by Gasteiger charge is -2.15. The van der Waals surface area contributed by atoms with Crippen LogP contribution in [0.1, 0.15) is 20.3 Å². The predicted molar refractivity (Wildman–Crippen MR) is 64.9 cm³/mol. The molecule has 2 heterocycles. The van der Waals surface area contributed by atoms with Gasteiger partial charge < -0.3 is 5.11 Å². The largest absolute Gasteiger partial charge is 0.391 e. The van der Waals surface area contributed by atoms with E-state index in [-0.39, 0.29) is 18.2 Å². The maximum atomic E-state index is 11.9. The standard InChI is InChI=1S/C12H17N3O2/c1-3-9(2)10(16)8-15-12(17)14-7-5-4-6-11(14)13-15/h4-7,9-10,16H,3,8H2,1-2H3. The molecule has 0 saturated carbocycles. The summed E-state index contributed by atoms with van der Waals surface area (Å²) in [6.07, 6.45) is 2.02. The molecule has 2 rings (SSSR count). The van der Waals surface area contributed by atoms with Gasteiger partial charge in [-0.3, -0.25) is 4.40 Å². The lowest BCUT2D eigenvalue weighted by molar-refractivity contribution is 0.0918. The lowest BCUT2D eigenvalue weighted by atomic mass is 10.0. The Balaban J connectivity index is 2.31. The first kappa shape index (κ1) is 11.9. The molecule has 0 aromatic carbocycles. The highest BCUT2D eigenvalue weighted by Gasteiger charge is 2.15. The zero-order valence-corrected chi connectivity index (χ0v) is 10.1. The molecule has 2 unspecified atom stereocenters.